The van der Waals surface area contributed by atoms with E-state index in [1.165, 1.54) is 0 Å². The first-order chi connectivity index (χ1) is 9.13. The molecule has 0 fully saturated rings. The normalized spacial score (nSPS) is 13.3. The average molecular weight is 266 g/mol. The molecule has 1 aromatic heterocycles. The molecular formula is C13H22N4O2. The number of aromatic nitrogens is 1. The van der Waals surface area contributed by atoms with Gasteiger partial charge in [-0.05, 0) is 25.5 Å². The van der Waals surface area contributed by atoms with Crippen LogP contribution in [0.5, 0.6) is 0 Å². The van der Waals surface area contributed by atoms with Crippen LogP contribution in [0.3, 0.4) is 0 Å². The topological polar surface area (TPSA) is 84.0 Å². The quantitative estimate of drug-likeness (QED) is 0.337. The molecular weight excluding hydrogens is 244 g/mol. The summed E-state index contributed by atoms with van der Waals surface area (Å²) in [6.45, 7) is 5.71. The number of nitrogens with two attached hydrogens (primary N) is 1. The maximum absolute atomic E-state index is 8.70. The third-order valence-electron chi connectivity index (χ3n) is 3.10. The summed E-state index contributed by atoms with van der Waals surface area (Å²) in [6, 6.07) is 4.10. The number of nitrogens with zero attached hydrogens (tertiary/aromatic N) is 3. The Hall–Kier alpha value is -1.82. The van der Waals surface area contributed by atoms with Crippen LogP contribution in [0.2, 0.25) is 0 Å². The van der Waals surface area contributed by atoms with E-state index in [1.54, 1.807) is 13.3 Å². The molecule has 1 unspecified atom stereocenters. The molecule has 1 atom stereocenters. The van der Waals surface area contributed by atoms with Crippen molar-refractivity contribution in [2.45, 2.75) is 26.3 Å². The second kappa shape index (κ2) is 7.58. The highest BCUT2D eigenvalue weighted by Crippen LogP contribution is 2.18. The summed E-state index contributed by atoms with van der Waals surface area (Å²) in [6.07, 6.45) is 2.68. The van der Waals surface area contributed by atoms with E-state index < -0.39 is 0 Å². The van der Waals surface area contributed by atoms with Crippen LogP contribution < -0.4 is 10.6 Å². The first-order valence-electron chi connectivity index (χ1n) is 6.33. The average Bonchev–Trinajstić information content (AvgIpc) is 2.46. The van der Waals surface area contributed by atoms with Crippen LogP contribution in [-0.2, 0) is 4.74 Å². The Bertz CT molecular complexity index is 423. The van der Waals surface area contributed by atoms with Gasteiger partial charge in [-0.15, -0.1) is 0 Å². The monoisotopic (exact) mass is 266 g/mol. The van der Waals surface area contributed by atoms with Crippen LogP contribution in [0.15, 0.2) is 23.5 Å². The molecule has 0 saturated carbocycles. The number of oxime groups is 1. The molecule has 6 nitrogen and oxygen atoms in total. The highest BCUT2D eigenvalue weighted by Gasteiger charge is 2.14. The lowest BCUT2D eigenvalue weighted by Gasteiger charge is -2.30. The third-order valence-corrected chi connectivity index (χ3v) is 3.10. The van der Waals surface area contributed by atoms with Gasteiger partial charge in [-0.3, -0.25) is 4.98 Å². The van der Waals surface area contributed by atoms with Crippen molar-refractivity contribution in [2.75, 3.05) is 25.2 Å². The first-order valence-corrected chi connectivity index (χ1v) is 6.33. The maximum Gasteiger partial charge on any atom is 0.188 e. The van der Waals surface area contributed by atoms with E-state index in [0.717, 1.165) is 18.7 Å². The fourth-order valence-electron chi connectivity index (χ4n) is 1.80. The summed E-state index contributed by atoms with van der Waals surface area (Å²) < 4.78 is 5.14. The molecule has 0 radical (unpaired) electrons. The summed E-state index contributed by atoms with van der Waals surface area (Å²) in [4.78, 5) is 6.31. The SMILES string of the molecule is CCC(C)N(CCOC)c1ccnc(C(N)=NO)c1. The van der Waals surface area contributed by atoms with E-state index in [1.807, 2.05) is 12.1 Å². The van der Waals surface area contributed by atoms with E-state index in [-0.39, 0.29) is 5.84 Å². The zero-order chi connectivity index (χ0) is 14.3. The largest absolute Gasteiger partial charge is 0.409 e. The lowest BCUT2D eigenvalue weighted by Crippen LogP contribution is -2.35. The number of methoxy groups -OCH3 is 1. The molecule has 0 aliphatic rings. The van der Waals surface area contributed by atoms with Crippen molar-refractivity contribution in [3.8, 4) is 0 Å². The van der Waals surface area contributed by atoms with E-state index in [9.17, 15) is 0 Å². The molecule has 1 heterocycles. The molecule has 3 N–H and O–H groups in total. The molecule has 6 heteroatoms. The van der Waals surface area contributed by atoms with Crippen LogP contribution >= 0.6 is 0 Å². The fourth-order valence-corrected chi connectivity index (χ4v) is 1.80. The van der Waals surface area contributed by atoms with E-state index in [2.05, 4.69) is 28.9 Å². The highest BCUT2D eigenvalue weighted by atomic mass is 16.5. The Morgan fingerprint density at radius 3 is 2.95 bits per heavy atom. The van der Waals surface area contributed by atoms with Gasteiger partial charge < -0.3 is 20.6 Å². The maximum atomic E-state index is 8.70. The number of pyridine rings is 1. The molecule has 1 rings (SSSR count). The zero-order valence-corrected chi connectivity index (χ0v) is 11.7. The van der Waals surface area contributed by atoms with Crippen LogP contribution in [0.1, 0.15) is 26.0 Å². The Labute approximate surface area is 113 Å². The van der Waals surface area contributed by atoms with Crippen molar-refractivity contribution in [3.05, 3.63) is 24.0 Å². The first kappa shape index (κ1) is 15.2. The van der Waals surface area contributed by atoms with Crippen molar-refractivity contribution in [2.24, 2.45) is 10.9 Å². The molecule has 0 aromatic carbocycles. The molecule has 0 aliphatic carbocycles. The van der Waals surface area contributed by atoms with Gasteiger partial charge in [0.05, 0.1) is 6.61 Å². The van der Waals surface area contributed by atoms with Crippen molar-refractivity contribution in [1.82, 2.24) is 4.98 Å². The summed E-state index contributed by atoms with van der Waals surface area (Å²) in [5.41, 5.74) is 7.02. The minimum absolute atomic E-state index is 0.0118. The predicted octanol–water partition coefficient (Wildman–Crippen LogP) is 1.43. The molecule has 0 bridgehead atoms. The van der Waals surface area contributed by atoms with E-state index in [0.29, 0.717) is 18.3 Å². The molecule has 0 spiro atoms. The summed E-state index contributed by atoms with van der Waals surface area (Å²) in [5.74, 6) is 0.0118. The van der Waals surface area contributed by atoms with Crippen LogP contribution in [0, 0.1) is 0 Å². The summed E-state index contributed by atoms with van der Waals surface area (Å²) >= 11 is 0. The number of rotatable bonds is 7. The Kier molecular flexibility index (Phi) is 6.08. The summed E-state index contributed by atoms with van der Waals surface area (Å²) in [7, 11) is 1.68. The third kappa shape index (κ3) is 4.10. The van der Waals surface area contributed by atoms with Gasteiger partial charge in [-0.25, -0.2) is 0 Å². The zero-order valence-electron chi connectivity index (χ0n) is 11.7. The molecule has 0 saturated heterocycles. The second-order valence-corrected chi connectivity index (χ2v) is 4.33. The number of hydrogen-bond acceptors (Lipinski definition) is 5. The number of amidine groups is 1. The highest BCUT2D eigenvalue weighted by molar-refractivity contribution is 5.95. The van der Waals surface area contributed by atoms with Gasteiger partial charge in [0.1, 0.15) is 5.69 Å². The van der Waals surface area contributed by atoms with E-state index >= 15 is 0 Å². The standard InChI is InChI=1S/C13H22N4O2/c1-4-10(2)17(7-8-19-3)11-5-6-15-12(9-11)13(14)16-18/h5-6,9-10,18H,4,7-8H2,1-3H3,(H2,14,16). The van der Waals surface area contributed by atoms with Crippen LogP contribution in [0.25, 0.3) is 0 Å². The second-order valence-electron chi connectivity index (χ2n) is 4.33. The molecule has 106 valence electrons. The van der Waals surface area contributed by atoms with Crippen LogP contribution in [0.4, 0.5) is 5.69 Å². The molecule has 1 aromatic rings. The van der Waals surface area contributed by atoms with Crippen LogP contribution in [-0.4, -0.2) is 42.3 Å². The molecule has 0 aliphatic heterocycles. The van der Waals surface area contributed by atoms with Crippen molar-refractivity contribution in [1.29, 1.82) is 0 Å². The minimum Gasteiger partial charge on any atom is -0.409 e. The molecule has 0 amide bonds. The predicted molar refractivity (Wildman–Crippen MR) is 75.7 cm³/mol. The van der Waals surface area contributed by atoms with Crippen molar-refractivity contribution in [3.63, 3.8) is 0 Å². The van der Waals surface area contributed by atoms with Gasteiger partial charge in [0, 0.05) is 31.6 Å². The van der Waals surface area contributed by atoms with Gasteiger partial charge in [0.25, 0.3) is 0 Å². The Morgan fingerprint density at radius 1 is 1.63 bits per heavy atom. The van der Waals surface area contributed by atoms with E-state index in [4.69, 9.17) is 15.7 Å². The minimum atomic E-state index is 0.0118. The smallest absolute Gasteiger partial charge is 0.188 e. The number of hydrogen-bond donors (Lipinski definition) is 2. The summed E-state index contributed by atoms with van der Waals surface area (Å²) in [5, 5.41) is 11.7. The molecule has 19 heavy (non-hydrogen) atoms. The lowest BCUT2D eigenvalue weighted by atomic mass is 10.2. The fraction of sp³-hybridized carbons (Fsp3) is 0.538. The van der Waals surface area contributed by atoms with Gasteiger partial charge in [0.2, 0.25) is 0 Å². The number of anilines is 1. The Morgan fingerprint density at radius 2 is 2.37 bits per heavy atom. The van der Waals surface area contributed by atoms with Crippen molar-refractivity contribution < 1.29 is 9.94 Å². The Balaban J connectivity index is 3.01. The van der Waals surface area contributed by atoms with Gasteiger partial charge in [0.15, 0.2) is 5.84 Å². The number of ether oxygens (including phenoxy) is 1. The van der Waals surface area contributed by atoms with Gasteiger partial charge in [-0.2, -0.15) is 0 Å². The lowest BCUT2D eigenvalue weighted by molar-refractivity contribution is 0.203. The van der Waals surface area contributed by atoms with Gasteiger partial charge in [-0.1, -0.05) is 12.1 Å². The van der Waals surface area contributed by atoms with Gasteiger partial charge >= 0.3 is 0 Å². The van der Waals surface area contributed by atoms with Crippen molar-refractivity contribution >= 4 is 11.5 Å².